The van der Waals surface area contributed by atoms with Gasteiger partial charge in [0.15, 0.2) is 0 Å². The zero-order valence-electron chi connectivity index (χ0n) is 13.4. The smallest absolute Gasteiger partial charge is 0.230 e. The number of hydrogen-bond acceptors (Lipinski definition) is 3. The fourth-order valence-electron chi connectivity index (χ4n) is 3.53. The van der Waals surface area contributed by atoms with E-state index >= 15 is 0 Å². The first-order chi connectivity index (χ1) is 12.0. The van der Waals surface area contributed by atoms with Gasteiger partial charge in [0.05, 0.1) is 25.6 Å². The molecule has 6 heteroatoms. The highest BCUT2D eigenvalue weighted by atomic mass is 35.5. The van der Waals surface area contributed by atoms with Crippen LogP contribution in [0, 0.1) is 5.82 Å². The van der Waals surface area contributed by atoms with E-state index in [0.29, 0.717) is 29.4 Å². The number of aliphatic hydroxyl groups is 1. The van der Waals surface area contributed by atoms with Gasteiger partial charge in [0.25, 0.3) is 0 Å². The van der Waals surface area contributed by atoms with Gasteiger partial charge in [0, 0.05) is 10.6 Å². The lowest BCUT2D eigenvalue weighted by Crippen LogP contribution is -2.62. The van der Waals surface area contributed by atoms with Crippen molar-refractivity contribution in [2.75, 3.05) is 19.7 Å². The van der Waals surface area contributed by atoms with Crippen LogP contribution in [0.25, 0.3) is 0 Å². The molecule has 0 saturated carbocycles. The van der Waals surface area contributed by atoms with Crippen LogP contribution in [-0.4, -0.2) is 35.6 Å². The van der Waals surface area contributed by atoms with Crippen LogP contribution in [0.3, 0.4) is 0 Å². The van der Waals surface area contributed by atoms with Gasteiger partial charge in [0.2, 0.25) is 5.91 Å². The van der Waals surface area contributed by atoms with Crippen LogP contribution in [0.5, 0.6) is 5.75 Å². The summed E-state index contributed by atoms with van der Waals surface area (Å²) in [5.74, 6) is -0.0301. The Kier molecular flexibility index (Phi) is 3.93. The average Bonchev–Trinajstić information content (AvgIpc) is 2.58. The van der Waals surface area contributed by atoms with Crippen LogP contribution in [-0.2, 0) is 10.4 Å². The number of fused-ring (bicyclic) bond motifs is 1. The number of halogens is 2. The maximum atomic E-state index is 13.0. The van der Waals surface area contributed by atoms with E-state index in [4.69, 9.17) is 16.3 Å². The predicted octanol–water partition coefficient (Wildman–Crippen LogP) is 3.08. The monoisotopic (exact) mass is 361 g/mol. The maximum Gasteiger partial charge on any atom is 0.230 e. The summed E-state index contributed by atoms with van der Waals surface area (Å²) < 4.78 is 18.6. The number of benzene rings is 2. The Bertz CT molecular complexity index is 818. The van der Waals surface area contributed by atoms with Crippen molar-refractivity contribution in [3.63, 3.8) is 0 Å². The first-order valence-corrected chi connectivity index (χ1v) is 8.53. The number of rotatable bonds is 2. The summed E-state index contributed by atoms with van der Waals surface area (Å²) in [6.45, 7) is 0.872. The topological polar surface area (TPSA) is 49.8 Å². The van der Waals surface area contributed by atoms with Crippen LogP contribution in [0.15, 0.2) is 42.5 Å². The van der Waals surface area contributed by atoms with E-state index in [9.17, 15) is 14.3 Å². The van der Waals surface area contributed by atoms with E-state index in [1.165, 1.54) is 12.1 Å². The highest BCUT2D eigenvalue weighted by Gasteiger charge is 2.47. The minimum Gasteiger partial charge on any atom is -0.493 e. The second-order valence-corrected chi connectivity index (χ2v) is 7.04. The molecule has 4 nitrogen and oxygen atoms in total. The number of nitrogens with zero attached hydrogens (tertiary/aromatic N) is 1. The number of likely N-dealkylation sites (tertiary alicyclic amines) is 1. The van der Waals surface area contributed by atoms with Crippen molar-refractivity contribution in [2.24, 2.45) is 0 Å². The van der Waals surface area contributed by atoms with E-state index in [1.807, 2.05) is 0 Å². The average molecular weight is 362 g/mol. The second kappa shape index (κ2) is 6.00. The van der Waals surface area contributed by atoms with Crippen LogP contribution in [0.1, 0.15) is 23.5 Å². The lowest BCUT2D eigenvalue weighted by atomic mass is 9.83. The fourth-order valence-corrected chi connectivity index (χ4v) is 3.71. The summed E-state index contributed by atoms with van der Waals surface area (Å²) in [7, 11) is 0. The van der Waals surface area contributed by atoms with Gasteiger partial charge in [-0.3, -0.25) is 4.79 Å². The number of carbonyl (C=O) groups is 1. The minimum absolute atomic E-state index is 0.0430. The van der Waals surface area contributed by atoms with Crippen LogP contribution >= 0.6 is 11.6 Å². The van der Waals surface area contributed by atoms with E-state index in [-0.39, 0.29) is 30.7 Å². The molecule has 25 heavy (non-hydrogen) atoms. The zero-order chi connectivity index (χ0) is 17.6. The van der Waals surface area contributed by atoms with Crippen LogP contribution in [0.2, 0.25) is 5.02 Å². The molecule has 1 fully saturated rings. The Labute approximate surface area is 149 Å². The summed E-state index contributed by atoms with van der Waals surface area (Å²) in [5.41, 5.74) is 0.292. The summed E-state index contributed by atoms with van der Waals surface area (Å²) >= 11 is 6.06. The molecule has 0 spiro atoms. The van der Waals surface area contributed by atoms with Crippen molar-refractivity contribution in [3.8, 4) is 5.75 Å². The Morgan fingerprint density at radius 2 is 1.96 bits per heavy atom. The number of amides is 1. The molecule has 1 unspecified atom stereocenters. The Balaban J connectivity index is 1.51. The molecular formula is C19H17ClFNO3. The molecule has 2 heterocycles. The first kappa shape index (κ1) is 16.4. The van der Waals surface area contributed by atoms with Gasteiger partial charge >= 0.3 is 0 Å². The number of ether oxygens (including phenoxy) is 1. The lowest BCUT2D eigenvalue weighted by Gasteiger charge is -2.48. The van der Waals surface area contributed by atoms with Crippen molar-refractivity contribution in [3.05, 3.63) is 64.4 Å². The number of hydrogen-bond donors (Lipinski definition) is 1. The van der Waals surface area contributed by atoms with Gasteiger partial charge in [-0.25, -0.2) is 4.39 Å². The van der Waals surface area contributed by atoms with Crippen molar-refractivity contribution in [1.82, 2.24) is 4.90 Å². The Hall–Kier alpha value is -2.11. The van der Waals surface area contributed by atoms with Crippen molar-refractivity contribution in [2.45, 2.75) is 17.9 Å². The van der Waals surface area contributed by atoms with Crippen LogP contribution in [0.4, 0.5) is 4.39 Å². The number of β-amino-alcohol motifs (C(OH)–C–C–N with tert-alkyl or cyclic N) is 1. The van der Waals surface area contributed by atoms with E-state index < -0.39 is 5.60 Å². The molecule has 1 amide bonds. The van der Waals surface area contributed by atoms with E-state index in [2.05, 4.69) is 0 Å². The zero-order valence-corrected chi connectivity index (χ0v) is 14.2. The minimum atomic E-state index is -1.12. The van der Waals surface area contributed by atoms with Gasteiger partial charge in [-0.05, 0) is 42.3 Å². The summed E-state index contributed by atoms with van der Waals surface area (Å²) in [4.78, 5) is 14.5. The van der Waals surface area contributed by atoms with E-state index in [1.54, 1.807) is 35.2 Å². The van der Waals surface area contributed by atoms with Crippen molar-refractivity contribution >= 4 is 17.5 Å². The molecule has 2 aliphatic heterocycles. The SMILES string of the molecule is O=C(C1CCOc2ccc(Cl)cc21)N1CC(O)(c2ccc(F)cc2)C1. The fraction of sp³-hybridized carbons (Fsp3) is 0.316. The highest BCUT2D eigenvalue weighted by molar-refractivity contribution is 6.30. The predicted molar refractivity (Wildman–Crippen MR) is 91.2 cm³/mol. The molecular weight excluding hydrogens is 345 g/mol. The quantitative estimate of drug-likeness (QED) is 0.894. The summed E-state index contributed by atoms with van der Waals surface area (Å²) in [6, 6.07) is 11.0. The van der Waals surface area contributed by atoms with Crippen LogP contribution < -0.4 is 4.74 Å². The molecule has 1 atom stereocenters. The normalized spacial score (nSPS) is 21.1. The van der Waals surface area contributed by atoms with Gasteiger partial charge in [-0.1, -0.05) is 23.7 Å². The van der Waals surface area contributed by atoms with Crippen molar-refractivity contribution in [1.29, 1.82) is 0 Å². The summed E-state index contributed by atoms with van der Waals surface area (Å²) in [6.07, 6.45) is 0.581. The molecule has 130 valence electrons. The van der Waals surface area contributed by atoms with Gasteiger partial charge in [-0.2, -0.15) is 0 Å². The lowest BCUT2D eigenvalue weighted by molar-refractivity contribution is -0.159. The maximum absolute atomic E-state index is 13.0. The van der Waals surface area contributed by atoms with Crippen molar-refractivity contribution < 1.29 is 19.0 Å². The molecule has 1 N–H and O–H groups in total. The van der Waals surface area contributed by atoms with Gasteiger partial charge < -0.3 is 14.7 Å². The third-order valence-corrected chi connectivity index (χ3v) is 5.14. The second-order valence-electron chi connectivity index (χ2n) is 6.60. The van der Waals surface area contributed by atoms with Gasteiger partial charge in [0.1, 0.15) is 17.2 Å². The molecule has 2 aliphatic rings. The third-order valence-electron chi connectivity index (χ3n) is 4.91. The molecule has 2 aromatic rings. The molecule has 0 aromatic heterocycles. The Morgan fingerprint density at radius 3 is 2.68 bits per heavy atom. The molecule has 1 saturated heterocycles. The van der Waals surface area contributed by atoms with E-state index in [0.717, 1.165) is 5.56 Å². The number of carbonyl (C=O) groups excluding carboxylic acids is 1. The first-order valence-electron chi connectivity index (χ1n) is 8.16. The molecule has 0 radical (unpaired) electrons. The Morgan fingerprint density at radius 1 is 1.24 bits per heavy atom. The molecule has 0 bridgehead atoms. The summed E-state index contributed by atoms with van der Waals surface area (Å²) in [5, 5.41) is 11.2. The molecule has 0 aliphatic carbocycles. The largest absolute Gasteiger partial charge is 0.493 e. The molecule has 4 rings (SSSR count). The standard InChI is InChI=1S/C19H17ClFNO3/c20-13-3-6-17-16(9-13)15(7-8-25-17)18(23)22-10-19(24,11-22)12-1-4-14(21)5-2-12/h1-6,9,15,24H,7-8,10-11H2. The third kappa shape index (κ3) is 2.87. The highest BCUT2D eigenvalue weighted by Crippen LogP contribution is 2.40. The molecule has 2 aromatic carbocycles. The van der Waals surface area contributed by atoms with Gasteiger partial charge in [-0.15, -0.1) is 0 Å².